The molecule has 1 heterocycles. The normalized spacial score (nSPS) is 15.9. The van der Waals surface area contributed by atoms with Crippen LogP contribution in [0.1, 0.15) is 19.4 Å². The van der Waals surface area contributed by atoms with Gasteiger partial charge < -0.3 is 20.7 Å². The lowest BCUT2D eigenvalue weighted by Gasteiger charge is -2.13. The molecular formula is C16H25IN4O2. The Morgan fingerprint density at radius 3 is 2.70 bits per heavy atom. The molecule has 1 amide bonds. The number of carbonyl (C=O) groups excluding carboxylic acids is 1. The molecule has 0 saturated heterocycles. The molecule has 3 N–H and O–H groups in total. The first-order valence-corrected chi connectivity index (χ1v) is 7.70. The first-order chi connectivity index (χ1) is 10.7. The molecule has 0 bridgehead atoms. The van der Waals surface area contributed by atoms with Crippen molar-refractivity contribution in [3.8, 4) is 5.75 Å². The molecule has 2 rings (SSSR count). The fourth-order valence-electron chi connectivity index (χ4n) is 2.31. The fourth-order valence-corrected chi connectivity index (χ4v) is 2.31. The quantitative estimate of drug-likeness (QED) is 0.274. The molecule has 128 valence electrons. The number of amides is 1. The number of hydrogen-bond acceptors (Lipinski definition) is 3. The van der Waals surface area contributed by atoms with Crippen LogP contribution in [0, 0.1) is 0 Å². The van der Waals surface area contributed by atoms with E-state index in [-0.39, 0.29) is 36.0 Å². The van der Waals surface area contributed by atoms with Crippen molar-refractivity contribution >= 4 is 35.8 Å². The molecule has 1 aliphatic heterocycles. The van der Waals surface area contributed by atoms with Crippen LogP contribution in [0.5, 0.6) is 5.75 Å². The van der Waals surface area contributed by atoms with Gasteiger partial charge in [0.2, 0.25) is 5.91 Å². The Morgan fingerprint density at radius 1 is 1.26 bits per heavy atom. The minimum Gasteiger partial charge on any atom is -0.488 e. The van der Waals surface area contributed by atoms with Crippen LogP contribution in [0.2, 0.25) is 0 Å². The van der Waals surface area contributed by atoms with Crippen molar-refractivity contribution in [2.75, 3.05) is 26.2 Å². The average molecular weight is 432 g/mol. The summed E-state index contributed by atoms with van der Waals surface area (Å²) in [6.07, 6.45) is 0.980. The second-order valence-corrected chi connectivity index (χ2v) is 5.18. The first-order valence-electron chi connectivity index (χ1n) is 7.70. The van der Waals surface area contributed by atoms with Crippen molar-refractivity contribution in [1.82, 2.24) is 16.0 Å². The Morgan fingerprint density at radius 2 is 2.00 bits per heavy atom. The molecule has 7 heteroatoms. The molecule has 0 spiro atoms. The summed E-state index contributed by atoms with van der Waals surface area (Å²) in [6, 6.07) is 8.10. The smallest absolute Gasteiger partial charge is 0.216 e. The summed E-state index contributed by atoms with van der Waals surface area (Å²) >= 11 is 0. The number of halogens is 1. The number of ether oxygens (including phenoxy) is 1. The molecule has 1 atom stereocenters. The van der Waals surface area contributed by atoms with Gasteiger partial charge in [-0.15, -0.1) is 24.0 Å². The van der Waals surface area contributed by atoms with E-state index in [4.69, 9.17) is 4.74 Å². The molecular weight excluding hydrogens is 407 g/mol. The van der Waals surface area contributed by atoms with E-state index < -0.39 is 0 Å². The third kappa shape index (κ3) is 6.64. The molecule has 0 saturated carbocycles. The summed E-state index contributed by atoms with van der Waals surface area (Å²) in [5, 5.41) is 9.12. The van der Waals surface area contributed by atoms with Crippen molar-refractivity contribution in [2.45, 2.75) is 26.4 Å². The highest BCUT2D eigenvalue weighted by Gasteiger charge is 2.21. The van der Waals surface area contributed by atoms with Gasteiger partial charge in [0.1, 0.15) is 11.9 Å². The minimum absolute atomic E-state index is 0. The highest BCUT2D eigenvalue weighted by Crippen LogP contribution is 2.28. The molecule has 23 heavy (non-hydrogen) atoms. The maximum Gasteiger partial charge on any atom is 0.216 e. The van der Waals surface area contributed by atoms with Gasteiger partial charge >= 0.3 is 0 Å². The lowest BCUT2D eigenvalue weighted by molar-refractivity contribution is -0.118. The second kappa shape index (κ2) is 10.3. The van der Waals surface area contributed by atoms with Crippen molar-refractivity contribution < 1.29 is 9.53 Å². The summed E-state index contributed by atoms with van der Waals surface area (Å²) in [4.78, 5) is 15.4. The number of para-hydroxylation sites is 1. The van der Waals surface area contributed by atoms with E-state index >= 15 is 0 Å². The third-order valence-corrected chi connectivity index (χ3v) is 3.30. The van der Waals surface area contributed by atoms with E-state index in [0.717, 1.165) is 24.7 Å². The van der Waals surface area contributed by atoms with Crippen molar-refractivity contribution in [3.05, 3.63) is 29.8 Å². The van der Waals surface area contributed by atoms with Crippen LogP contribution in [-0.4, -0.2) is 44.1 Å². The zero-order valence-electron chi connectivity index (χ0n) is 13.6. The number of rotatable bonds is 6. The summed E-state index contributed by atoms with van der Waals surface area (Å²) < 4.78 is 5.87. The van der Waals surface area contributed by atoms with Gasteiger partial charge in [0.05, 0.1) is 6.54 Å². The molecule has 0 aliphatic carbocycles. The van der Waals surface area contributed by atoms with Gasteiger partial charge in [-0.05, 0) is 18.6 Å². The monoisotopic (exact) mass is 432 g/mol. The first kappa shape index (κ1) is 19.5. The summed E-state index contributed by atoms with van der Waals surface area (Å²) in [6.45, 7) is 6.13. The molecule has 1 aromatic carbocycles. The van der Waals surface area contributed by atoms with Gasteiger partial charge in [0.25, 0.3) is 0 Å². The zero-order chi connectivity index (χ0) is 15.8. The van der Waals surface area contributed by atoms with Gasteiger partial charge in [-0.25, -0.2) is 4.99 Å². The number of aliphatic imine (C=N–C) groups is 1. The van der Waals surface area contributed by atoms with Crippen LogP contribution in [0.25, 0.3) is 0 Å². The predicted octanol–water partition coefficient (Wildman–Crippen LogP) is 1.30. The van der Waals surface area contributed by atoms with Crippen LogP contribution in [0.4, 0.5) is 0 Å². The van der Waals surface area contributed by atoms with E-state index in [9.17, 15) is 4.79 Å². The van der Waals surface area contributed by atoms with Gasteiger partial charge in [0.15, 0.2) is 5.96 Å². The lowest BCUT2D eigenvalue weighted by atomic mass is 10.1. The number of carbonyl (C=O) groups is 1. The average Bonchev–Trinajstić information content (AvgIpc) is 2.91. The highest BCUT2D eigenvalue weighted by atomic mass is 127. The van der Waals surface area contributed by atoms with Crippen molar-refractivity contribution in [1.29, 1.82) is 0 Å². The SMILES string of the molecule is CCNC(=NCC1Cc2ccccc2O1)NCCNC(C)=O.I. The Bertz CT molecular complexity index is 512. The number of nitrogens with zero attached hydrogens (tertiary/aromatic N) is 1. The lowest BCUT2D eigenvalue weighted by Crippen LogP contribution is -2.41. The highest BCUT2D eigenvalue weighted by molar-refractivity contribution is 14.0. The summed E-state index contributed by atoms with van der Waals surface area (Å²) in [5.74, 6) is 1.68. The predicted molar refractivity (Wildman–Crippen MR) is 103 cm³/mol. The molecule has 0 fully saturated rings. The van der Waals surface area contributed by atoms with E-state index in [1.165, 1.54) is 12.5 Å². The fraction of sp³-hybridized carbons (Fsp3) is 0.500. The van der Waals surface area contributed by atoms with Crippen LogP contribution >= 0.6 is 24.0 Å². The molecule has 0 radical (unpaired) electrons. The molecule has 6 nitrogen and oxygen atoms in total. The number of guanidine groups is 1. The van der Waals surface area contributed by atoms with Gasteiger partial charge in [-0.3, -0.25) is 4.79 Å². The zero-order valence-corrected chi connectivity index (χ0v) is 15.9. The van der Waals surface area contributed by atoms with Crippen molar-refractivity contribution in [2.24, 2.45) is 4.99 Å². The number of fused-ring (bicyclic) bond motifs is 1. The molecule has 1 aromatic rings. The van der Waals surface area contributed by atoms with E-state index in [1.807, 2.05) is 25.1 Å². The topological polar surface area (TPSA) is 74.8 Å². The van der Waals surface area contributed by atoms with Gasteiger partial charge in [0, 0.05) is 33.0 Å². The summed E-state index contributed by atoms with van der Waals surface area (Å²) in [7, 11) is 0. The Labute approximate surface area is 154 Å². The third-order valence-electron chi connectivity index (χ3n) is 3.30. The van der Waals surface area contributed by atoms with E-state index in [1.54, 1.807) is 0 Å². The van der Waals surface area contributed by atoms with Crippen LogP contribution in [0.15, 0.2) is 29.3 Å². The Hall–Kier alpha value is -1.51. The standard InChI is InChI=1S/C16H24N4O2.HI/c1-3-17-16(19-9-8-18-12(2)21)20-11-14-10-13-6-4-5-7-15(13)22-14;/h4-7,14H,3,8-11H2,1-2H3,(H,18,21)(H2,17,19,20);1H. The maximum absolute atomic E-state index is 10.8. The number of benzene rings is 1. The van der Waals surface area contributed by atoms with Crippen LogP contribution in [0.3, 0.4) is 0 Å². The Balaban J connectivity index is 0.00000264. The van der Waals surface area contributed by atoms with Gasteiger partial charge in [-0.1, -0.05) is 18.2 Å². The molecule has 1 aliphatic rings. The van der Waals surface area contributed by atoms with Crippen LogP contribution < -0.4 is 20.7 Å². The van der Waals surface area contributed by atoms with E-state index in [2.05, 4.69) is 27.0 Å². The minimum atomic E-state index is -0.0270. The second-order valence-electron chi connectivity index (χ2n) is 5.18. The van der Waals surface area contributed by atoms with Crippen LogP contribution in [-0.2, 0) is 11.2 Å². The maximum atomic E-state index is 10.8. The number of hydrogen-bond donors (Lipinski definition) is 3. The number of nitrogens with one attached hydrogen (secondary N) is 3. The van der Waals surface area contributed by atoms with Gasteiger partial charge in [-0.2, -0.15) is 0 Å². The largest absolute Gasteiger partial charge is 0.488 e. The molecule has 0 aromatic heterocycles. The molecule has 1 unspecified atom stereocenters. The van der Waals surface area contributed by atoms with E-state index in [0.29, 0.717) is 19.6 Å². The van der Waals surface area contributed by atoms with Crippen molar-refractivity contribution in [3.63, 3.8) is 0 Å². The Kier molecular flexibility index (Phi) is 8.75. The summed E-state index contributed by atoms with van der Waals surface area (Å²) in [5.41, 5.74) is 1.24.